The Morgan fingerprint density at radius 2 is 2.07 bits per heavy atom. The van der Waals surface area contributed by atoms with E-state index in [-0.39, 0.29) is 24.0 Å². The van der Waals surface area contributed by atoms with Gasteiger partial charge in [0, 0.05) is 33.2 Å². The second-order valence-electron chi connectivity index (χ2n) is 7.77. The molecular formula is C21H31IN6. The van der Waals surface area contributed by atoms with E-state index >= 15 is 0 Å². The van der Waals surface area contributed by atoms with E-state index in [9.17, 15) is 0 Å². The highest BCUT2D eigenvalue weighted by atomic mass is 127. The van der Waals surface area contributed by atoms with E-state index in [1.165, 1.54) is 32.4 Å². The summed E-state index contributed by atoms with van der Waals surface area (Å²) < 4.78 is 0. The minimum atomic E-state index is 0. The number of guanidine groups is 1. The third kappa shape index (κ3) is 5.26. The van der Waals surface area contributed by atoms with Crippen molar-refractivity contribution in [3.05, 3.63) is 42.4 Å². The Bertz CT molecular complexity index is 770. The first-order valence-corrected chi connectivity index (χ1v) is 9.98. The number of halogens is 1. The highest BCUT2D eigenvalue weighted by molar-refractivity contribution is 14.0. The zero-order chi connectivity index (χ0) is 18.6. The molecule has 1 unspecified atom stereocenters. The van der Waals surface area contributed by atoms with Gasteiger partial charge in [-0.1, -0.05) is 30.3 Å². The number of likely N-dealkylation sites (tertiary alicyclic amines) is 1. The normalized spacial score (nSPS) is 20.1. The van der Waals surface area contributed by atoms with Crippen LogP contribution < -0.4 is 5.32 Å². The standard InChI is InChI=1S/C21H30N6.HI/c1-22-21(24-12-16-10-11-27(14-16)18-8-9-18)26(2)15-20-23-13-19(25-20)17-6-4-3-5-7-17;/h3-7,13,16,18H,8-12,14-15H2,1-2H3,(H,22,24)(H,23,25);1H. The van der Waals surface area contributed by atoms with Gasteiger partial charge in [-0.2, -0.15) is 0 Å². The lowest BCUT2D eigenvalue weighted by Crippen LogP contribution is -2.41. The van der Waals surface area contributed by atoms with Gasteiger partial charge in [0.05, 0.1) is 18.4 Å². The van der Waals surface area contributed by atoms with Crippen LogP contribution in [-0.4, -0.2) is 65.5 Å². The quantitative estimate of drug-likeness (QED) is 0.368. The Kier molecular flexibility index (Phi) is 7.34. The molecule has 0 bridgehead atoms. The zero-order valence-corrected chi connectivity index (χ0v) is 19.1. The first-order valence-electron chi connectivity index (χ1n) is 9.98. The van der Waals surface area contributed by atoms with Crippen molar-refractivity contribution in [3.8, 4) is 11.3 Å². The van der Waals surface area contributed by atoms with E-state index in [4.69, 9.17) is 0 Å². The van der Waals surface area contributed by atoms with Gasteiger partial charge in [0.15, 0.2) is 5.96 Å². The maximum atomic E-state index is 4.54. The van der Waals surface area contributed by atoms with Crippen molar-refractivity contribution in [1.29, 1.82) is 0 Å². The molecule has 1 aliphatic heterocycles. The lowest BCUT2D eigenvalue weighted by Gasteiger charge is -2.23. The second-order valence-corrected chi connectivity index (χ2v) is 7.77. The van der Waals surface area contributed by atoms with Gasteiger partial charge in [0.1, 0.15) is 5.82 Å². The number of imidazole rings is 1. The average Bonchev–Trinajstić information content (AvgIpc) is 3.25. The van der Waals surface area contributed by atoms with Gasteiger partial charge in [0.2, 0.25) is 0 Å². The number of hydrogen-bond donors (Lipinski definition) is 2. The first kappa shape index (κ1) is 21.1. The summed E-state index contributed by atoms with van der Waals surface area (Å²) in [6.45, 7) is 4.19. The highest BCUT2D eigenvalue weighted by Gasteiger charge is 2.34. The molecule has 152 valence electrons. The monoisotopic (exact) mass is 494 g/mol. The molecule has 0 radical (unpaired) electrons. The van der Waals surface area contributed by atoms with Gasteiger partial charge in [-0.25, -0.2) is 4.98 Å². The second kappa shape index (κ2) is 9.73. The lowest BCUT2D eigenvalue weighted by molar-refractivity contribution is 0.313. The molecule has 1 aromatic heterocycles. The predicted octanol–water partition coefficient (Wildman–Crippen LogP) is 3.19. The molecule has 2 heterocycles. The Morgan fingerprint density at radius 1 is 1.29 bits per heavy atom. The number of aromatic amines is 1. The van der Waals surface area contributed by atoms with Crippen LogP contribution >= 0.6 is 24.0 Å². The number of nitrogens with one attached hydrogen (secondary N) is 2. The molecule has 1 aromatic carbocycles. The van der Waals surface area contributed by atoms with E-state index < -0.39 is 0 Å². The third-order valence-corrected chi connectivity index (χ3v) is 5.60. The van der Waals surface area contributed by atoms with Crippen LogP contribution in [0.3, 0.4) is 0 Å². The van der Waals surface area contributed by atoms with E-state index in [1.54, 1.807) is 0 Å². The fraction of sp³-hybridized carbons (Fsp3) is 0.524. The fourth-order valence-electron chi connectivity index (χ4n) is 3.93. The van der Waals surface area contributed by atoms with Crippen molar-refractivity contribution in [3.63, 3.8) is 0 Å². The average molecular weight is 494 g/mol. The van der Waals surface area contributed by atoms with Crippen molar-refractivity contribution in [2.75, 3.05) is 33.7 Å². The number of aliphatic imine (C=N–C) groups is 1. The molecule has 0 spiro atoms. The SMILES string of the molecule is CN=C(NCC1CCN(C2CC2)C1)N(C)Cc1ncc(-c2ccccc2)[nH]1.I. The van der Waals surface area contributed by atoms with E-state index in [0.717, 1.165) is 41.5 Å². The van der Waals surface area contributed by atoms with Gasteiger partial charge in [-0.05, 0) is 37.3 Å². The van der Waals surface area contributed by atoms with Crippen molar-refractivity contribution in [2.45, 2.75) is 31.8 Å². The molecule has 4 rings (SSSR count). The summed E-state index contributed by atoms with van der Waals surface area (Å²) >= 11 is 0. The molecule has 1 atom stereocenters. The summed E-state index contributed by atoms with van der Waals surface area (Å²) in [6.07, 6.45) is 6.00. The van der Waals surface area contributed by atoms with Crippen molar-refractivity contribution < 1.29 is 0 Å². The number of aromatic nitrogens is 2. The summed E-state index contributed by atoms with van der Waals surface area (Å²) in [6, 6.07) is 11.2. The van der Waals surface area contributed by atoms with E-state index in [2.05, 4.69) is 49.3 Å². The molecule has 1 saturated carbocycles. The minimum absolute atomic E-state index is 0. The molecule has 6 nitrogen and oxygen atoms in total. The minimum Gasteiger partial charge on any atom is -0.356 e. The molecular weight excluding hydrogens is 463 g/mol. The predicted molar refractivity (Wildman–Crippen MR) is 125 cm³/mol. The van der Waals surface area contributed by atoms with E-state index in [0.29, 0.717) is 6.54 Å². The van der Waals surface area contributed by atoms with Crippen molar-refractivity contribution in [2.24, 2.45) is 10.9 Å². The molecule has 2 aliphatic rings. The molecule has 1 saturated heterocycles. The third-order valence-electron chi connectivity index (χ3n) is 5.60. The number of rotatable bonds is 6. The maximum Gasteiger partial charge on any atom is 0.193 e. The van der Waals surface area contributed by atoms with Gasteiger partial charge in [-0.15, -0.1) is 24.0 Å². The van der Waals surface area contributed by atoms with Crippen molar-refractivity contribution in [1.82, 2.24) is 25.1 Å². The molecule has 2 N–H and O–H groups in total. The summed E-state index contributed by atoms with van der Waals surface area (Å²) in [4.78, 5) is 17.2. The lowest BCUT2D eigenvalue weighted by atomic mass is 10.1. The van der Waals surface area contributed by atoms with Crippen LogP contribution in [0.2, 0.25) is 0 Å². The highest BCUT2D eigenvalue weighted by Crippen LogP contribution is 2.31. The van der Waals surface area contributed by atoms with Gasteiger partial charge >= 0.3 is 0 Å². The summed E-state index contributed by atoms with van der Waals surface area (Å²) in [7, 11) is 3.91. The first-order chi connectivity index (χ1) is 13.2. The Morgan fingerprint density at radius 3 is 2.79 bits per heavy atom. The van der Waals surface area contributed by atoms with Crippen LogP contribution in [0, 0.1) is 5.92 Å². The van der Waals surface area contributed by atoms with Gasteiger partial charge in [0.25, 0.3) is 0 Å². The fourth-order valence-corrected chi connectivity index (χ4v) is 3.93. The Labute approximate surface area is 184 Å². The number of nitrogens with zero attached hydrogens (tertiary/aromatic N) is 4. The molecule has 2 aromatic rings. The molecule has 0 amide bonds. The summed E-state index contributed by atoms with van der Waals surface area (Å²) in [5.41, 5.74) is 2.20. The molecule has 1 aliphatic carbocycles. The van der Waals surface area contributed by atoms with Crippen LogP contribution in [0.4, 0.5) is 0 Å². The van der Waals surface area contributed by atoms with Gasteiger partial charge in [-0.3, -0.25) is 4.99 Å². The Hall–Kier alpha value is -1.61. The summed E-state index contributed by atoms with van der Waals surface area (Å²) in [5, 5.41) is 3.56. The smallest absolute Gasteiger partial charge is 0.193 e. The summed E-state index contributed by atoms with van der Waals surface area (Å²) in [5.74, 6) is 2.60. The Balaban J connectivity index is 0.00000225. The van der Waals surface area contributed by atoms with Crippen LogP contribution in [0.15, 0.2) is 41.5 Å². The van der Waals surface area contributed by atoms with Crippen LogP contribution in [0.5, 0.6) is 0 Å². The van der Waals surface area contributed by atoms with Gasteiger partial charge < -0.3 is 20.1 Å². The molecule has 7 heteroatoms. The largest absolute Gasteiger partial charge is 0.356 e. The number of benzene rings is 1. The van der Waals surface area contributed by atoms with Crippen LogP contribution in [0.1, 0.15) is 25.1 Å². The molecule has 28 heavy (non-hydrogen) atoms. The van der Waals surface area contributed by atoms with Crippen LogP contribution in [-0.2, 0) is 6.54 Å². The molecule has 2 fully saturated rings. The maximum absolute atomic E-state index is 4.54. The topological polar surface area (TPSA) is 59.6 Å². The van der Waals surface area contributed by atoms with Crippen molar-refractivity contribution >= 4 is 29.9 Å². The number of hydrogen-bond acceptors (Lipinski definition) is 3. The number of H-pyrrole nitrogens is 1. The van der Waals surface area contributed by atoms with E-state index in [1.807, 2.05) is 31.4 Å². The zero-order valence-electron chi connectivity index (χ0n) is 16.8. The van der Waals surface area contributed by atoms with Crippen LogP contribution in [0.25, 0.3) is 11.3 Å².